The van der Waals surface area contributed by atoms with Gasteiger partial charge in [0.2, 0.25) is 0 Å². The number of nitrogens with zero attached hydrogens (tertiary/aromatic N) is 6. The van der Waals surface area contributed by atoms with Gasteiger partial charge in [-0.1, -0.05) is 35.5 Å². The summed E-state index contributed by atoms with van der Waals surface area (Å²) in [5.74, 6) is 1.02. The first kappa shape index (κ1) is 17.0. The van der Waals surface area contributed by atoms with Crippen LogP contribution in [0.3, 0.4) is 0 Å². The Bertz CT molecular complexity index is 1050. The zero-order chi connectivity index (χ0) is 18.8. The lowest BCUT2D eigenvalue weighted by Crippen LogP contribution is -2.31. The number of aromatic nitrogens is 5. The summed E-state index contributed by atoms with van der Waals surface area (Å²) in [6, 6.07) is 17.2. The standard InChI is InChI=1S/C20H20N6O/c1-14(12-15-8-10-17(27)11-9-15)25(2)19-18-20(22-13-21-19)26(24-23-18)16-6-4-3-5-7-16/h3-11,13-14,27H,12H2,1-2H3. The average Bonchev–Trinajstić information content (AvgIpc) is 3.14. The molecule has 0 spiro atoms. The molecule has 2 aromatic carbocycles. The lowest BCUT2D eigenvalue weighted by atomic mass is 10.1. The highest BCUT2D eigenvalue weighted by atomic mass is 16.3. The second-order valence-electron chi connectivity index (χ2n) is 6.54. The fourth-order valence-electron chi connectivity index (χ4n) is 3.06. The number of hydrogen-bond acceptors (Lipinski definition) is 6. The smallest absolute Gasteiger partial charge is 0.189 e. The molecule has 27 heavy (non-hydrogen) atoms. The molecular formula is C20H20N6O. The van der Waals surface area contributed by atoms with E-state index in [2.05, 4.69) is 32.1 Å². The van der Waals surface area contributed by atoms with Gasteiger partial charge in [0.25, 0.3) is 0 Å². The Kier molecular flexibility index (Phi) is 4.42. The number of para-hydroxylation sites is 1. The van der Waals surface area contributed by atoms with E-state index in [0.29, 0.717) is 11.2 Å². The van der Waals surface area contributed by atoms with Gasteiger partial charge in [-0.3, -0.25) is 0 Å². The largest absolute Gasteiger partial charge is 0.508 e. The summed E-state index contributed by atoms with van der Waals surface area (Å²) < 4.78 is 1.72. The van der Waals surface area contributed by atoms with E-state index >= 15 is 0 Å². The van der Waals surface area contributed by atoms with Gasteiger partial charge in [0.1, 0.15) is 12.1 Å². The zero-order valence-corrected chi connectivity index (χ0v) is 15.2. The van der Waals surface area contributed by atoms with Gasteiger partial charge in [0.05, 0.1) is 5.69 Å². The molecule has 0 radical (unpaired) electrons. The minimum absolute atomic E-state index is 0.175. The summed E-state index contributed by atoms with van der Waals surface area (Å²) in [4.78, 5) is 10.9. The average molecular weight is 360 g/mol. The molecular weight excluding hydrogens is 340 g/mol. The summed E-state index contributed by atoms with van der Waals surface area (Å²) in [6.45, 7) is 2.13. The molecule has 4 rings (SSSR count). The van der Waals surface area contributed by atoms with E-state index < -0.39 is 0 Å². The molecule has 7 heteroatoms. The van der Waals surface area contributed by atoms with Crippen LogP contribution in [-0.4, -0.2) is 43.2 Å². The maximum atomic E-state index is 9.45. The van der Waals surface area contributed by atoms with Crippen molar-refractivity contribution in [1.29, 1.82) is 0 Å². The minimum atomic E-state index is 0.175. The van der Waals surface area contributed by atoms with Crippen molar-refractivity contribution < 1.29 is 5.11 Å². The van der Waals surface area contributed by atoms with Crippen LogP contribution in [0.1, 0.15) is 12.5 Å². The summed E-state index contributed by atoms with van der Waals surface area (Å²) in [7, 11) is 1.99. The normalized spacial score (nSPS) is 12.2. The SMILES string of the molecule is CC(Cc1ccc(O)cc1)N(C)c1ncnc2c1nnn2-c1ccccc1. The highest BCUT2D eigenvalue weighted by Crippen LogP contribution is 2.24. The van der Waals surface area contributed by atoms with Crippen molar-refractivity contribution >= 4 is 17.0 Å². The van der Waals surface area contributed by atoms with Crippen LogP contribution in [0.2, 0.25) is 0 Å². The predicted octanol–water partition coefficient (Wildman–Crippen LogP) is 2.98. The third-order valence-corrected chi connectivity index (χ3v) is 4.68. The molecule has 1 unspecified atom stereocenters. The predicted molar refractivity (Wildman–Crippen MR) is 104 cm³/mol. The fraction of sp³-hybridized carbons (Fsp3) is 0.200. The zero-order valence-electron chi connectivity index (χ0n) is 15.2. The Balaban J connectivity index is 1.65. The molecule has 7 nitrogen and oxygen atoms in total. The van der Waals surface area contributed by atoms with Crippen LogP contribution in [-0.2, 0) is 6.42 Å². The maximum absolute atomic E-state index is 9.45. The highest BCUT2D eigenvalue weighted by Gasteiger charge is 2.19. The van der Waals surface area contributed by atoms with Crippen LogP contribution in [0.4, 0.5) is 5.82 Å². The first-order valence-corrected chi connectivity index (χ1v) is 8.76. The first-order chi connectivity index (χ1) is 13.1. The third-order valence-electron chi connectivity index (χ3n) is 4.68. The summed E-state index contributed by atoms with van der Waals surface area (Å²) in [5, 5.41) is 18.0. The lowest BCUT2D eigenvalue weighted by Gasteiger charge is -2.26. The van der Waals surface area contributed by atoms with E-state index in [1.54, 1.807) is 23.1 Å². The van der Waals surface area contributed by atoms with E-state index in [1.807, 2.05) is 49.5 Å². The van der Waals surface area contributed by atoms with Gasteiger partial charge in [-0.25, -0.2) is 9.97 Å². The van der Waals surface area contributed by atoms with Gasteiger partial charge in [0, 0.05) is 13.1 Å². The molecule has 2 heterocycles. The van der Waals surface area contributed by atoms with Crippen molar-refractivity contribution in [3.8, 4) is 11.4 Å². The van der Waals surface area contributed by atoms with Gasteiger partial charge in [-0.05, 0) is 43.2 Å². The van der Waals surface area contributed by atoms with Crippen molar-refractivity contribution in [1.82, 2.24) is 25.0 Å². The Hall–Kier alpha value is -3.48. The Morgan fingerprint density at radius 1 is 1.04 bits per heavy atom. The van der Waals surface area contributed by atoms with Crippen LogP contribution in [0, 0.1) is 0 Å². The molecule has 4 aromatic rings. The Morgan fingerprint density at radius 2 is 1.78 bits per heavy atom. The number of benzene rings is 2. The van der Waals surface area contributed by atoms with E-state index in [9.17, 15) is 5.11 Å². The van der Waals surface area contributed by atoms with Crippen molar-refractivity contribution in [2.45, 2.75) is 19.4 Å². The topological polar surface area (TPSA) is 80.0 Å². The van der Waals surface area contributed by atoms with Crippen molar-refractivity contribution in [2.24, 2.45) is 0 Å². The van der Waals surface area contributed by atoms with E-state index in [0.717, 1.165) is 23.5 Å². The lowest BCUT2D eigenvalue weighted by molar-refractivity contribution is 0.475. The van der Waals surface area contributed by atoms with E-state index in [1.165, 1.54) is 0 Å². The molecule has 136 valence electrons. The van der Waals surface area contributed by atoms with Crippen molar-refractivity contribution in [2.75, 3.05) is 11.9 Å². The van der Waals surface area contributed by atoms with Crippen LogP contribution < -0.4 is 4.90 Å². The van der Waals surface area contributed by atoms with Crippen molar-refractivity contribution in [3.63, 3.8) is 0 Å². The minimum Gasteiger partial charge on any atom is -0.508 e. The van der Waals surface area contributed by atoms with E-state index in [4.69, 9.17) is 0 Å². The maximum Gasteiger partial charge on any atom is 0.189 e. The van der Waals surface area contributed by atoms with Crippen LogP contribution in [0.5, 0.6) is 5.75 Å². The molecule has 2 aromatic heterocycles. The Labute approximate surface area is 156 Å². The van der Waals surface area contributed by atoms with Gasteiger partial charge in [-0.2, -0.15) is 4.68 Å². The molecule has 0 aliphatic heterocycles. The number of fused-ring (bicyclic) bond motifs is 1. The quantitative estimate of drug-likeness (QED) is 0.589. The van der Waals surface area contributed by atoms with Gasteiger partial charge >= 0.3 is 0 Å². The summed E-state index contributed by atoms with van der Waals surface area (Å²) in [5.41, 5.74) is 3.39. The van der Waals surface area contributed by atoms with Crippen molar-refractivity contribution in [3.05, 3.63) is 66.5 Å². The molecule has 0 saturated carbocycles. The van der Waals surface area contributed by atoms with Gasteiger partial charge in [-0.15, -0.1) is 5.10 Å². The van der Waals surface area contributed by atoms with Gasteiger partial charge < -0.3 is 10.0 Å². The third kappa shape index (κ3) is 3.31. The summed E-state index contributed by atoms with van der Waals surface area (Å²) in [6.07, 6.45) is 2.36. The van der Waals surface area contributed by atoms with Crippen LogP contribution >= 0.6 is 0 Å². The molecule has 0 aliphatic rings. The molecule has 0 amide bonds. The highest BCUT2D eigenvalue weighted by molar-refractivity contribution is 5.83. The number of hydrogen-bond donors (Lipinski definition) is 1. The molecule has 0 bridgehead atoms. The van der Waals surface area contributed by atoms with Crippen LogP contribution in [0.15, 0.2) is 60.9 Å². The number of likely N-dealkylation sites (N-methyl/N-ethyl adjacent to an activating group) is 1. The number of aromatic hydroxyl groups is 1. The summed E-state index contributed by atoms with van der Waals surface area (Å²) >= 11 is 0. The molecule has 0 aliphatic carbocycles. The second-order valence-corrected chi connectivity index (χ2v) is 6.54. The number of rotatable bonds is 5. The number of phenolic OH excluding ortho intramolecular Hbond substituents is 1. The van der Waals surface area contributed by atoms with E-state index in [-0.39, 0.29) is 11.8 Å². The number of phenols is 1. The van der Waals surface area contributed by atoms with Crippen LogP contribution in [0.25, 0.3) is 16.9 Å². The molecule has 1 N–H and O–H groups in total. The Morgan fingerprint density at radius 3 is 2.52 bits per heavy atom. The molecule has 1 atom stereocenters. The first-order valence-electron chi connectivity index (χ1n) is 8.76. The fourth-order valence-corrected chi connectivity index (χ4v) is 3.06. The second kappa shape index (κ2) is 7.03. The molecule has 0 fully saturated rings. The van der Waals surface area contributed by atoms with Gasteiger partial charge in [0.15, 0.2) is 17.0 Å². The number of anilines is 1. The molecule has 0 saturated heterocycles. The monoisotopic (exact) mass is 360 g/mol.